The van der Waals surface area contributed by atoms with Crippen LogP contribution in [0.15, 0.2) is 42.5 Å². The van der Waals surface area contributed by atoms with Crippen molar-refractivity contribution in [2.75, 3.05) is 12.4 Å². The van der Waals surface area contributed by atoms with E-state index in [9.17, 15) is 27.9 Å². The number of aliphatic carboxylic acids is 2. The average Bonchev–Trinajstić information content (AvgIpc) is 2.91. The van der Waals surface area contributed by atoms with Crippen molar-refractivity contribution in [2.24, 2.45) is 0 Å². The number of urea groups is 1. The number of unbranched alkanes of at least 4 members (excludes halogenated alkanes) is 1. The molecule has 11 nitrogen and oxygen atoms in total. The maximum Gasteiger partial charge on any atom is 0.326 e. The van der Waals surface area contributed by atoms with E-state index in [-0.39, 0.29) is 36.8 Å². The molecule has 0 aliphatic carbocycles. The second kappa shape index (κ2) is 17.0. The molecule has 0 aliphatic heterocycles. The zero-order chi connectivity index (χ0) is 28.6. The number of amides is 3. The van der Waals surface area contributed by atoms with Crippen LogP contribution < -0.4 is 21.3 Å². The molecule has 3 atom stereocenters. The number of halogens is 1. The summed E-state index contributed by atoms with van der Waals surface area (Å²) in [6, 6.07) is 9.90. The topological polar surface area (TPSA) is 174 Å². The van der Waals surface area contributed by atoms with Crippen molar-refractivity contribution in [3.63, 3.8) is 0 Å². The van der Waals surface area contributed by atoms with Gasteiger partial charge in [0.15, 0.2) is 0 Å². The highest BCUT2D eigenvalue weighted by molar-refractivity contribution is 7.94. The lowest BCUT2D eigenvalue weighted by molar-refractivity contribution is -0.140. The molecular weight excluding hydrogens is 531 g/mol. The van der Waals surface area contributed by atoms with E-state index in [1.165, 1.54) is 0 Å². The molecule has 2 rings (SSSR count). The quantitative estimate of drug-likeness (QED) is 0.0902. The van der Waals surface area contributed by atoms with Gasteiger partial charge in [-0.3, -0.25) is 14.9 Å². The molecule has 0 heterocycles. The van der Waals surface area contributed by atoms with E-state index in [4.69, 9.17) is 10.2 Å². The molecule has 0 saturated heterocycles. The van der Waals surface area contributed by atoms with Crippen LogP contribution in [0.5, 0.6) is 0 Å². The van der Waals surface area contributed by atoms with Gasteiger partial charge in [0.25, 0.3) is 0 Å². The summed E-state index contributed by atoms with van der Waals surface area (Å²) < 4.78 is 12.7. The maximum atomic E-state index is 12.8. The summed E-state index contributed by atoms with van der Waals surface area (Å²) in [5.41, 5.74) is 0.927. The minimum atomic E-state index is -1.41. The number of fused-ring (bicyclic) bond motifs is 1. The number of hydrogen-bond acceptors (Lipinski definition) is 7. The molecule has 0 aromatic heterocycles. The summed E-state index contributed by atoms with van der Waals surface area (Å²) in [6.07, 6.45) is 1.36. The van der Waals surface area contributed by atoms with E-state index in [0.29, 0.717) is 32.1 Å². The summed E-state index contributed by atoms with van der Waals surface area (Å²) in [6.45, 7) is 0.297. The lowest BCUT2D eigenvalue weighted by atomic mass is 10.0. The van der Waals surface area contributed by atoms with Crippen molar-refractivity contribution >= 4 is 53.1 Å². The fourth-order valence-electron chi connectivity index (χ4n) is 3.88. The Kier molecular flexibility index (Phi) is 13.7. The summed E-state index contributed by atoms with van der Waals surface area (Å²) >= 11 is 0.0894. The molecule has 6 N–H and O–H groups in total. The molecule has 0 saturated carbocycles. The molecule has 3 unspecified atom stereocenters. The lowest BCUT2D eigenvalue weighted by Gasteiger charge is -2.19. The fourth-order valence-corrected chi connectivity index (χ4v) is 4.15. The van der Waals surface area contributed by atoms with Crippen LogP contribution >= 0.6 is 12.1 Å². The molecular formula is C26H33FN4O7S. The van der Waals surface area contributed by atoms with Crippen LogP contribution in [0.2, 0.25) is 0 Å². The third kappa shape index (κ3) is 11.7. The highest BCUT2D eigenvalue weighted by Gasteiger charge is 2.22. The number of aldehydes is 1. The SMILES string of the molecule is O=CC(CCCCNC(=O)C(Cc1ccc2ccccc2c1)NCSF)NC(=O)NC(CCC(=O)O)C(=O)O. The van der Waals surface area contributed by atoms with Gasteiger partial charge in [0.05, 0.1) is 30.1 Å². The fraction of sp³-hybridized carbons (Fsp3) is 0.423. The molecule has 2 aromatic carbocycles. The van der Waals surface area contributed by atoms with Crippen LogP contribution in [0.1, 0.15) is 37.7 Å². The Morgan fingerprint density at radius 3 is 2.36 bits per heavy atom. The smallest absolute Gasteiger partial charge is 0.326 e. The van der Waals surface area contributed by atoms with Gasteiger partial charge in [-0.25, -0.2) is 9.59 Å². The molecule has 0 aliphatic rings. The molecule has 0 fully saturated rings. The minimum absolute atomic E-state index is 0.0422. The zero-order valence-corrected chi connectivity index (χ0v) is 22.0. The van der Waals surface area contributed by atoms with Crippen LogP contribution in [0.3, 0.4) is 0 Å². The number of carboxylic acids is 2. The van der Waals surface area contributed by atoms with Gasteiger partial charge >= 0.3 is 18.0 Å². The molecule has 0 radical (unpaired) electrons. The first-order valence-electron chi connectivity index (χ1n) is 12.4. The summed E-state index contributed by atoms with van der Waals surface area (Å²) in [7, 11) is 0. The van der Waals surface area contributed by atoms with Gasteiger partial charge < -0.3 is 31.0 Å². The Morgan fingerprint density at radius 2 is 1.69 bits per heavy atom. The number of nitrogens with one attached hydrogen (secondary N) is 4. The van der Waals surface area contributed by atoms with Crippen molar-refractivity contribution in [3.8, 4) is 0 Å². The average molecular weight is 565 g/mol. The predicted octanol–water partition coefficient (Wildman–Crippen LogP) is 2.39. The van der Waals surface area contributed by atoms with Gasteiger partial charge in [0.1, 0.15) is 12.3 Å². The first-order chi connectivity index (χ1) is 18.7. The number of hydrogen-bond donors (Lipinski definition) is 6. The summed E-state index contributed by atoms with van der Waals surface area (Å²) in [4.78, 5) is 58.0. The van der Waals surface area contributed by atoms with E-state index < -0.39 is 42.5 Å². The number of carbonyl (C=O) groups is 5. The van der Waals surface area contributed by atoms with E-state index in [1.807, 2.05) is 42.5 Å². The number of rotatable bonds is 18. The first kappa shape index (κ1) is 31.5. The molecule has 39 heavy (non-hydrogen) atoms. The number of carboxylic acid groups (broad SMARTS) is 2. The van der Waals surface area contributed by atoms with Gasteiger partial charge in [-0.1, -0.05) is 42.5 Å². The first-order valence-corrected chi connectivity index (χ1v) is 13.3. The number of benzene rings is 2. The van der Waals surface area contributed by atoms with Crippen LogP contribution in [0.25, 0.3) is 10.8 Å². The Bertz CT molecular complexity index is 1140. The third-order valence-corrected chi connectivity index (χ3v) is 6.20. The largest absolute Gasteiger partial charge is 0.481 e. The number of carbonyl (C=O) groups excluding carboxylic acids is 3. The van der Waals surface area contributed by atoms with Crippen LogP contribution in [0, 0.1) is 0 Å². The van der Waals surface area contributed by atoms with Gasteiger partial charge in [0.2, 0.25) is 5.91 Å². The van der Waals surface area contributed by atoms with Gasteiger partial charge in [-0.2, -0.15) is 3.89 Å². The van der Waals surface area contributed by atoms with Gasteiger partial charge in [-0.05, 0) is 48.4 Å². The Morgan fingerprint density at radius 1 is 0.949 bits per heavy atom. The van der Waals surface area contributed by atoms with E-state index >= 15 is 0 Å². The van der Waals surface area contributed by atoms with Crippen molar-refractivity contribution in [1.82, 2.24) is 21.3 Å². The minimum Gasteiger partial charge on any atom is -0.481 e. The standard InChI is InChI=1S/C26H33FN4O7S/c27-39-16-29-22(14-17-8-9-18-5-1-2-6-19(18)13-17)24(35)28-12-4-3-7-20(15-32)30-26(38)31-21(25(36)37)10-11-23(33)34/h1-2,5-6,8-9,13,15,20-22,29H,3-4,7,10-12,14,16H2,(H,28,35)(H,33,34)(H,36,37)(H2,30,31,38). The molecule has 212 valence electrons. The van der Waals surface area contributed by atoms with Gasteiger partial charge in [0, 0.05) is 13.0 Å². The van der Waals surface area contributed by atoms with Gasteiger partial charge in [-0.15, -0.1) is 0 Å². The Labute approximate surface area is 229 Å². The summed E-state index contributed by atoms with van der Waals surface area (Å²) in [5.74, 6) is -2.91. The van der Waals surface area contributed by atoms with Crippen molar-refractivity contribution in [2.45, 2.75) is 56.7 Å². The van der Waals surface area contributed by atoms with E-state index in [0.717, 1.165) is 16.3 Å². The van der Waals surface area contributed by atoms with E-state index in [1.54, 1.807) is 0 Å². The Balaban J connectivity index is 1.78. The predicted molar refractivity (Wildman–Crippen MR) is 145 cm³/mol. The highest BCUT2D eigenvalue weighted by atomic mass is 32.2. The van der Waals surface area contributed by atoms with Crippen LogP contribution in [-0.4, -0.2) is 70.9 Å². The monoisotopic (exact) mass is 564 g/mol. The van der Waals surface area contributed by atoms with Crippen molar-refractivity contribution < 1.29 is 38.1 Å². The molecule has 0 spiro atoms. The molecule has 2 aromatic rings. The van der Waals surface area contributed by atoms with Crippen LogP contribution in [-0.2, 0) is 25.6 Å². The van der Waals surface area contributed by atoms with Crippen LogP contribution in [0.4, 0.5) is 8.68 Å². The normalized spacial score (nSPS) is 13.2. The zero-order valence-electron chi connectivity index (χ0n) is 21.2. The summed E-state index contributed by atoms with van der Waals surface area (Å²) in [5, 5.41) is 30.1. The van der Waals surface area contributed by atoms with E-state index in [2.05, 4.69) is 21.3 Å². The lowest BCUT2D eigenvalue weighted by Crippen LogP contribution is -2.49. The second-order valence-corrected chi connectivity index (χ2v) is 9.37. The van der Waals surface area contributed by atoms with Crippen molar-refractivity contribution in [3.05, 3.63) is 48.0 Å². The third-order valence-electron chi connectivity index (χ3n) is 5.93. The molecule has 3 amide bonds. The second-order valence-electron chi connectivity index (χ2n) is 8.87. The molecule has 13 heteroatoms. The molecule has 0 bridgehead atoms. The maximum absolute atomic E-state index is 12.8. The van der Waals surface area contributed by atoms with Crippen molar-refractivity contribution in [1.29, 1.82) is 0 Å². The Hall–Kier alpha value is -3.71. The highest BCUT2D eigenvalue weighted by Crippen LogP contribution is 2.17.